The van der Waals surface area contributed by atoms with Crippen molar-refractivity contribution >= 4 is 22.3 Å². The van der Waals surface area contributed by atoms with E-state index in [1.807, 2.05) is 0 Å². The van der Waals surface area contributed by atoms with Crippen LogP contribution in [0.3, 0.4) is 0 Å². The average molecular weight is 406 g/mol. The van der Waals surface area contributed by atoms with Gasteiger partial charge in [0.15, 0.2) is 17.1 Å². The van der Waals surface area contributed by atoms with E-state index in [1.54, 1.807) is 11.8 Å². The molecule has 5 nitrogen and oxygen atoms in total. The van der Waals surface area contributed by atoms with E-state index in [1.165, 1.54) is 10.8 Å². The number of hydrogen-bond acceptors (Lipinski definition) is 4. The summed E-state index contributed by atoms with van der Waals surface area (Å²) in [4.78, 5) is 14.3. The molecule has 0 bridgehead atoms. The molecule has 2 saturated carbocycles. The Labute approximate surface area is 166 Å². The Bertz CT molecular complexity index is 1060. The quantitative estimate of drug-likeness (QED) is 0.766. The van der Waals surface area contributed by atoms with Crippen LogP contribution in [-0.4, -0.2) is 29.9 Å². The van der Waals surface area contributed by atoms with Crippen LogP contribution in [0, 0.1) is 30.4 Å². The molecular formula is C21H25F3N4O. The SMILES string of the molecule is Cc1cn([C@@H]2C[C@@H]2F)c2c(F)c(N3CC[C@@H]([C@@H](N)C4CC4)C3)c(F)c(N)c2c1=O. The second-order valence-corrected chi connectivity index (χ2v) is 8.89. The standard InChI is InChI=1S/C21H25F3N4O/c1-9-7-28(13-6-12(13)22)19-14(21(9)29)18(26)15(23)20(16(19)24)27-5-4-11(8-27)17(25)10-2-3-10/h7,10-13,17H,2-6,8,25-26H2,1H3/t11-,12+,13-,17+/m1/s1. The Balaban J connectivity index is 1.65. The van der Waals surface area contributed by atoms with Gasteiger partial charge in [-0.3, -0.25) is 4.79 Å². The van der Waals surface area contributed by atoms with Crippen molar-refractivity contribution in [1.29, 1.82) is 0 Å². The maximum atomic E-state index is 15.7. The van der Waals surface area contributed by atoms with Gasteiger partial charge in [-0.2, -0.15) is 0 Å². The highest BCUT2D eigenvalue weighted by atomic mass is 19.1. The summed E-state index contributed by atoms with van der Waals surface area (Å²) in [5, 5.41) is -0.201. The summed E-state index contributed by atoms with van der Waals surface area (Å²) in [5.41, 5.74) is 11.4. The minimum Gasteiger partial charge on any atom is -0.396 e. The number of rotatable bonds is 4. The van der Waals surface area contributed by atoms with Gasteiger partial charge in [-0.15, -0.1) is 0 Å². The number of aryl methyl sites for hydroxylation is 1. The maximum Gasteiger partial charge on any atom is 0.194 e. The lowest BCUT2D eigenvalue weighted by Crippen LogP contribution is -2.34. The Hall–Kier alpha value is -2.22. The molecule has 4 N–H and O–H groups in total. The van der Waals surface area contributed by atoms with E-state index in [0.717, 1.165) is 19.3 Å². The number of pyridine rings is 1. The molecule has 4 atom stereocenters. The van der Waals surface area contributed by atoms with Crippen molar-refractivity contribution in [1.82, 2.24) is 4.57 Å². The highest BCUT2D eigenvalue weighted by Crippen LogP contribution is 2.45. The lowest BCUT2D eigenvalue weighted by atomic mass is 9.96. The van der Waals surface area contributed by atoms with Crippen LogP contribution in [0.2, 0.25) is 0 Å². The topological polar surface area (TPSA) is 77.3 Å². The predicted octanol–water partition coefficient (Wildman–Crippen LogP) is 3.02. The highest BCUT2D eigenvalue weighted by molar-refractivity contribution is 5.95. The van der Waals surface area contributed by atoms with Gasteiger partial charge in [0.2, 0.25) is 0 Å². The van der Waals surface area contributed by atoms with Gasteiger partial charge >= 0.3 is 0 Å². The van der Waals surface area contributed by atoms with E-state index in [-0.39, 0.29) is 46.2 Å². The van der Waals surface area contributed by atoms with Crippen LogP contribution in [0.1, 0.15) is 37.3 Å². The zero-order valence-corrected chi connectivity index (χ0v) is 16.3. The molecule has 2 aliphatic carbocycles. The number of nitrogens with two attached hydrogens (primary N) is 2. The molecule has 1 saturated heterocycles. The number of aromatic nitrogens is 1. The van der Waals surface area contributed by atoms with E-state index in [0.29, 0.717) is 19.0 Å². The zero-order valence-electron chi connectivity index (χ0n) is 16.3. The van der Waals surface area contributed by atoms with Gasteiger partial charge in [-0.1, -0.05) is 0 Å². The fourth-order valence-corrected chi connectivity index (χ4v) is 4.83. The third kappa shape index (κ3) is 2.83. The number of hydrogen-bond donors (Lipinski definition) is 2. The minimum atomic E-state index is -1.11. The first-order valence-corrected chi connectivity index (χ1v) is 10.3. The first kappa shape index (κ1) is 18.8. The van der Waals surface area contributed by atoms with E-state index in [2.05, 4.69) is 0 Å². The van der Waals surface area contributed by atoms with Gasteiger partial charge in [0, 0.05) is 37.3 Å². The molecule has 5 rings (SSSR count). The predicted molar refractivity (Wildman–Crippen MR) is 107 cm³/mol. The first-order chi connectivity index (χ1) is 13.8. The van der Waals surface area contributed by atoms with Crippen LogP contribution in [-0.2, 0) is 0 Å². The van der Waals surface area contributed by atoms with Crippen LogP contribution in [0.15, 0.2) is 11.0 Å². The monoisotopic (exact) mass is 406 g/mol. The molecule has 0 spiro atoms. The summed E-state index contributed by atoms with van der Waals surface area (Å²) in [6, 6.07) is -0.526. The third-order valence-electron chi connectivity index (χ3n) is 6.83. The van der Waals surface area contributed by atoms with Crippen molar-refractivity contribution in [2.75, 3.05) is 23.7 Å². The third-order valence-corrected chi connectivity index (χ3v) is 6.83. The van der Waals surface area contributed by atoms with Crippen molar-refractivity contribution in [2.45, 2.75) is 50.9 Å². The van der Waals surface area contributed by atoms with Crippen molar-refractivity contribution in [3.05, 3.63) is 33.6 Å². The Kier molecular flexibility index (Phi) is 4.14. The van der Waals surface area contributed by atoms with Gasteiger partial charge in [0.1, 0.15) is 11.9 Å². The van der Waals surface area contributed by atoms with E-state index >= 15 is 8.78 Å². The summed E-state index contributed by atoms with van der Waals surface area (Å²) >= 11 is 0. The van der Waals surface area contributed by atoms with E-state index < -0.39 is 29.3 Å². The Morgan fingerprint density at radius 2 is 1.86 bits per heavy atom. The zero-order chi connectivity index (χ0) is 20.6. The number of fused-ring (bicyclic) bond motifs is 1. The minimum absolute atomic E-state index is 0.0310. The fraction of sp³-hybridized carbons (Fsp3) is 0.571. The molecule has 2 heterocycles. The number of benzene rings is 1. The summed E-state index contributed by atoms with van der Waals surface area (Å²) < 4.78 is 46.1. The van der Waals surface area contributed by atoms with Gasteiger partial charge in [-0.05, 0) is 38.0 Å². The van der Waals surface area contributed by atoms with Crippen LogP contribution in [0.5, 0.6) is 0 Å². The Morgan fingerprint density at radius 3 is 2.48 bits per heavy atom. The summed E-state index contributed by atoms with van der Waals surface area (Å²) in [6.45, 7) is 2.46. The number of alkyl halides is 1. The van der Waals surface area contributed by atoms with Crippen molar-refractivity contribution in [3.63, 3.8) is 0 Å². The van der Waals surface area contributed by atoms with Crippen LogP contribution < -0.4 is 21.8 Å². The molecular weight excluding hydrogens is 381 g/mol. The molecule has 1 aromatic heterocycles. The Morgan fingerprint density at radius 1 is 1.17 bits per heavy atom. The fourth-order valence-electron chi connectivity index (χ4n) is 4.83. The molecule has 1 aromatic carbocycles. The first-order valence-electron chi connectivity index (χ1n) is 10.3. The number of nitrogen functional groups attached to an aromatic ring is 1. The molecule has 2 aromatic rings. The normalized spacial score (nSPS) is 27.6. The van der Waals surface area contributed by atoms with Crippen molar-refractivity contribution in [2.24, 2.45) is 17.6 Å². The van der Waals surface area contributed by atoms with Crippen LogP contribution >= 0.6 is 0 Å². The lowest BCUT2D eigenvalue weighted by Gasteiger charge is -2.25. The molecule has 3 aliphatic rings. The van der Waals surface area contributed by atoms with Crippen molar-refractivity contribution in [3.8, 4) is 0 Å². The van der Waals surface area contributed by atoms with Gasteiger partial charge in [0.25, 0.3) is 0 Å². The second-order valence-electron chi connectivity index (χ2n) is 8.89. The van der Waals surface area contributed by atoms with Gasteiger partial charge in [-0.25, -0.2) is 13.2 Å². The van der Waals surface area contributed by atoms with Crippen molar-refractivity contribution < 1.29 is 13.2 Å². The largest absolute Gasteiger partial charge is 0.396 e. The molecule has 0 amide bonds. The van der Waals surface area contributed by atoms with Gasteiger partial charge in [0.05, 0.1) is 22.6 Å². The summed E-state index contributed by atoms with van der Waals surface area (Å²) in [7, 11) is 0. The van der Waals surface area contributed by atoms with Crippen LogP contribution in [0.4, 0.5) is 24.5 Å². The second kappa shape index (κ2) is 6.39. The van der Waals surface area contributed by atoms with Gasteiger partial charge < -0.3 is 20.9 Å². The van der Waals surface area contributed by atoms with Crippen LogP contribution in [0.25, 0.3) is 10.9 Å². The number of halogens is 3. The molecule has 0 radical (unpaired) electrons. The molecule has 1 aliphatic heterocycles. The smallest absolute Gasteiger partial charge is 0.194 e. The average Bonchev–Trinajstić information content (AvgIpc) is 3.60. The molecule has 3 fully saturated rings. The molecule has 156 valence electrons. The van der Waals surface area contributed by atoms with E-state index in [9.17, 15) is 9.18 Å². The summed E-state index contributed by atoms with van der Waals surface area (Å²) in [5.74, 6) is -1.10. The summed E-state index contributed by atoms with van der Waals surface area (Å²) in [6.07, 6.45) is 3.56. The number of anilines is 2. The van der Waals surface area contributed by atoms with E-state index in [4.69, 9.17) is 11.5 Å². The molecule has 0 unspecified atom stereocenters. The number of nitrogens with zero attached hydrogens (tertiary/aromatic N) is 2. The lowest BCUT2D eigenvalue weighted by molar-refractivity contribution is 0.417. The molecule has 29 heavy (non-hydrogen) atoms. The molecule has 8 heteroatoms. The maximum absolute atomic E-state index is 15.7. The highest BCUT2D eigenvalue weighted by Gasteiger charge is 2.42.